The molecule has 1 aliphatic heterocycles. The Bertz CT molecular complexity index is 522. The van der Waals surface area contributed by atoms with Crippen molar-refractivity contribution in [3.63, 3.8) is 0 Å². The lowest BCUT2D eigenvalue weighted by Crippen LogP contribution is -2.46. The summed E-state index contributed by atoms with van der Waals surface area (Å²) in [6.45, 7) is 0. The number of carbonyl (C=O) groups is 2. The molecule has 1 heterocycles. The Kier molecular flexibility index (Phi) is 2.55. The molecule has 2 unspecified atom stereocenters. The minimum atomic E-state index is -0.125. The zero-order chi connectivity index (χ0) is 12.9. The van der Waals surface area contributed by atoms with Crippen LogP contribution in [0.1, 0.15) is 19.3 Å². The van der Waals surface area contributed by atoms with Crippen molar-refractivity contribution in [2.24, 2.45) is 11.8 Å². The molecule has 4 nitrogen and oxygen atoms in total. The fourth-order valence-electron chi connectivity index (χ4n) is 2.85. The van der Waals surface area contributed by atoms with E-state index in [9.17, 15) is 9.59 Å². The number of hydrogen-bond donors (Lipinski definition) is 1. The Hall–Kier alpha value is -1.55. The van der Waals surface area contributed by atoms with Crippen molar-refractivity contribution in [2.45, 2.75) is 19.3 Å². The Labute approximate surface area is 110 Å². The van der Waals surface area contributed by atoms with Crippen LogP contribution >= 0.6 is 11.6 Å². The fourth-order valence-corrected chi connectivity index (χ4v) is 3.12. The summed E-state index contributed by atoms with van der Waals surface area (Å²) in [5, 5.41) is 0.345. The number of rotatable bonds is 1. The number of benzene rings is 1. The van der Waals surface area contributed by atoms with Crippen LogP contribution in [0.25, 0.3) is 0 Å². The lowest BCUT2D eigenvalue weighted by atomic mass is 9.96. The fraction of sp³-hybridized carbons (Fsp3) is 0.385. The standard InChI is InChI=1S/C13H13ClN2O2/c14-10-6-9(15)3-4-11(10)16-12(17)7-1-2-8(5-7)13(16)18/h3-4,6-8H,1-2,5,15H2. The molecule has 0 radical (unpaired) electrons. The van der Waals surface area contributed by atoms with E-state index < -0.39 is 0 Å². The summed E-state index contributed by atoms with van der Waals surface area (Å²) in [5.74, 6) is -0.302. The van der Waals surface area contributed by atoms with E-state index in [4.69, 9.17) is 17.3 Å². The van der Waals surface area contributed by atoms with Gasteiger partial charge in [-0.05, 0) is 37.5 Å². The van der Waals surface area contributed by atoms with E-state index in [0.717, 1.165) is 12.8 Å². The summed E-state index contributed by atoms with van der Waals surface area (Å²) >= 11 is 6.08. The number of halogens is 1. The SMILES string of the molecule is Nc1ccc(N2C(=O)C3CCC(C3)C2=O)c(Cl)c1. The van der Waals surface area contributed by atoms with Crippen molar-refractivity contribution in [2.75, 3.05) is 10.6 Å². The molecule has 0 spiro atoms. The molecular formula is C13H13ClN2O2. The Morgan fingerprint density at radius 1 is 1.17 bits per heavy atom. The van der Waals surface area contributed by atoms with Gasteiger partial charge in [0.1, 0.15) is 0 Å². The molecule has 18 heavy (non-hydrogen) atoms. The molecule has 2 bridgehead atoms. The summed E-state index contributed by atoms with van der Waals surface area (Å²) in [4.78, 5) is 25.7. The average Bonchev–Trinajstić information content (AvgIpc) is 2.76. The number of amides is 2. The largest absolute Gasteiger partial charge is 0.399 e. The van der Waals surface area contributed by atoms with Crippen molar-refractivity contribution in [3.8, 4) is 0 Å². The third-order valence-corrected chi connectivity index (χ3v) is 4.09. The molecule has 2 amide bonds. The summed E-state index contributed by atoms with van der Waals surface area (Å²) < 4.78 is 0. The summed E-state index contributed by atoms with van der Waals surface area (Å²) in [6.07, 6.45) is 2.30. The maximum absolute atomic E-state index is 12.2. The van der Waals surface area contributed by atoms with Crippen molar-refractivity contribution in [1.29, 1.82) is 0 Å². The molecular weight excluding hydrogens is 252 g/mol. The van der Waals surface area contributed by atoms with Crippen LogP contribution in [0.3, 0.4) is 0 Å². The number of carbonyl (C=O) groups excluding carboxylic acids is 2. The van der Waals surface area contributed by atoms with Gasteiger partial charge in [-0.2, -0.15) is 0 Å². The summed E-state index contributed by atoms with van der Waals surface area (Å²) in [7, 11) is 0. The number of piperidine rings is 1. The van der Waals surface area contributed by atoms with Gasteiger partial charge in [-0.1, -0.05) is 11.6 Å². The first-order valence-corrected chi connectivity index (χ1v) is 6.38. The second-order valence-corrected chi connectivity index (χ2v) is 5.34. The van der Waals surface area contributed by atoms with Gasteiger partial charge >= 0.3 is 0 Å². The van der Waals surface area contributed by atoms with Crippen LogP contribution in [0.5, 0.6) is 0 Å². The summed E-state index contributed by atoms with van der Waals surface area (Å²) in [6, 6.07) is 4.85. The Morgan fingerprint density at radius 2 is 1.78 bits per heavy atom. The minimum Gasteiger partial charge on any atom is -0.399 e. The van der Waals surface area contributed by atoms with E-state index in [1.54, 1.807) is 18.2 Å². The minimum absolute atomic E-state index is 0.0266. The number of nitrogen functional groups attached to an aromatic ring is 1. The molecule has 1 aromatic rings. The number of imide groups is 1. The highest BCUT2D eigenvalue weighted by Crippen LogP contribution is 2.41. The molecule has 1 saturated heterocycles. The van der Waals surface area contributed by atoms with E-state index >= 15 is 0 Å². The topological polar surface area (TPSA) is 63.4 Å². The molecule has 2 aliphatic rings. The number of nitrogens with two attached hydrogens (primary N) is 1. The van der Waals surface area contributed by atoms with Crippen LogP contribution < -0.4 is 10.6 Å². The van der Waals surface area contributed by atoms with Gasteiger partial charge in [0.2, 0.25) is 11.8 Å². The highest BCUT2D eigenvalue weighted by atomic mass is 35.5. The quantitative estimate of drug-likeness (QED) is 0.625. The zero-order valence-corrected chi connectivity index (χ0v) is 10.5. The lowest BCUT2D eigenvalue weighted by Gasteiger charge is -2.30. The highest BCUT2D eigenvalue weighted by Gasteiger charge is 2.46. The van der Waals surface area contributed by atoms with E-state index in [1.165, 1.54) is 4.90 Å². The first-order valence-electron chi connectivity index (χ1n) is 6.01. The monoisotopic (exact) mass is 264 g/mol. The lowest BCUT2D eigenvalue weighted by molar-refractivity contribution is -0.132. The van der Waals surface area contributed by atoms with Gasteiger partial charge in [0.25, 0.3) is 0 Å². The maximum atomic E-state index is 12.2. The van der Waals surface area contributed by atoms with E-state index in [-0.39, 0.29) is 23.7 Å². The molecule has 94 valence electrons. The van der Waals surface area contributed by atoms with Crippen LogP contribution in [-0.2, 0) is 9.59 Å². The van der Waals surface area contributed by atoms with E-state index in [0.29, 0.717) is 22.8 Å². The van der Waals surface area contributed by atoms with Crippen LogP contribution in [-0.4, -0.2) is 11.8 Å². The predicted molar refractivity (Wildman–Crippen MR) is 69.2 cm³/mol. The van der Waals surface area contributed by atoms with Gasteiger partial charge in [-0.25, -0.2) is 4.90 Å². The number of nitrogens with zero attached hydrogens (tertiary/aromatic N) is 1. The normalized spacial score (nSPS) is 26.8. The highest BCUT2D eigenvalue weighted by molar-refractivity contribution is 6.35. The van der Waals surface area contributed by atoms with Crippen molar-refractivity contribution in [1.82, 2.24) is 0 Å². The van der Waals surface area contributed by atoms with Gasteiger partial charge in [0.05, 0.1) is 10.7 Å². The van der Waals surface area contributed by atoms with Gasteiger partial charge in [-0.3, -0.25) is 9.59 Å². The maximum Gasteiger partial charge on any atom is 0.236 e. The number of fused-ring (bicyclic) bond motifs is 2. The molecule has 2 fully saturated rings. The molecule has 1 saturated carbocycles. The zero-order valence-electron chi connectivity index (χ0n) is 9.73. The van der Waals surface area contributed by atoms with Gasteiger partial charge in [0, 0.05) is 17.5 Å². The predicted octanol–water partition coefficient (Wildman–Crippen LogP) is 2.21. The third kappa shape index (κ3) is 1.60. The van der Waals surface area contributed by atoms with Crippen molar-refractivity contribution in [3.05, 3.63) is 23.2 Å². The smallest absolute Gasteiger partial charge is 0.236 e. The van der Waals surface area contributed by atoms with Gasteiger partial charge < -0.3 is 5.73 Å². The average molecular weight is 265 g/mol. The van der Waals surface area contributed by atoms with E-state index in [2.05, 4.69) is 0 Å². The second kappa shape index (κ2) is 3.99. The van der Waals surface area contributed by atoms with Crippen LogP contribution in [0, 0.1) is 11.8 Å². The Balaban J connectivity index is 2.05. The first kappa shape index (κ1) is 11.5. The molecule has 3 rings (SSSR count). The van der Waals surface area contributed by atoms with Crippen LogP contribution in [0.2, 0.25) is 5.02 Å². The van der Waals surface area contributed by atoms with Gasteiger partial charge in [0.15, 0.2) is 0 Å². The molecule has 5 heteroatoms. The molecule has 1 aliphatic carbocycles. The molecule has 2 N–H and O–H groups in total. The number of anilines is 2. The molecule has 0 aromatic heterocycles. The van der Waals surface area contributed by atoms with Crippen molar-refractivity contribution < 1.29 is 9.59 Å². The Morgan fingerprint density at radius 3 is 2.33 bits per heavy atom. The molecule has 1 aromatic carbocycles. The van der Waals surface area contributed by atoms with Gasteiger partial charge in [-0.15, -0.1) is 0 Å². The van der Waals surface area contributed by atoms with E-state index in [1.807, 2.05) is 0 Å². The third-order valence-electron chi connectivity index (χ3n) is 3.78. The first-order chi connectivity index (χ1) is 8.58. The summed E-state index contributed by atoms with van der Waals surface area (Å²) in [5.41, 5.74) is 6.59. The van der Waals surface area contributed by atoms with Crippen LogP contribution in [0.15, 0.2) is 18.2 Å². The molecule has 2 atom stereocenters. The second-order valence-electron chi connectivity index (χ2n) is 4.93. The van der Waals surface area contributed by atoms with Crippen LogP contribution in [0.4, 0.5) is 11.4 Å². The number of hydrogen-bond acceptors (Lipinski definition) is 3. The van der Waals surface area contributed by atoms with Crippen molar-refractivity contribution >= 4 is 34.8 Å².